The summed E-state index contributed by atoms with van der Waals surface area (Å²) in [6, 6.07) is 0. The average molecular weight is 1930 g/mol. The molecular weight excluding hydrogens is 1720 g/mol. The van der Waals surface area contributed by atoms with Crippen LogP contribution in [0.5, 0.6) is 0 Å². The largest absolute Gasteiger partial charge is 0.778 e. The molecule has 0 radical (unpaired) electrons. The van der Waals surface area contributed by atoms with Gasteiger partial charge in [0.25, 0.3) is 0 Å². The van der Waals surface area contributed by atoms with Gasteiger partial charge in [0, 0.05) is 58.0 Å². The van der Waals surface area contributed by atoms with Crippen molar-refractivity contribution in [2.45, 2.75) is 545 Å². The Morgan fingerprint density at radius 1 is 0.132 bits per heavy atom. The van der Waals surface area contributed by atoms with Gasteiger partial charge in [-0.15, -0.1) is 0 Å². The summed E-state index contributed by atoms with van der Waals surface area (Å²) in [4.78, 5) is 70.0. The van der Waals surface area contributed by atoms with E-state index in [2.05, 4.69) is 83.1 Å². The van der Waals surface area contributed by atoms with E-state index in [-0.39, 0.29) is 58.0 Å². The van der Waals surface area contributed by atoms with E-state index in [9.17, 15) is 56.8 Å². The van der Waals surface area contributed by atoms with Crippen LogP contribution in [0.15, 0.2) is 0 Å². The molecule has 0 aromatic heterocycles. The van der Waals surface area contributed by atoms with E-state index in [4.69, 9.17) is 27.1 Å². The van der Waals surface area contributed by atoms with Gasteiger partial charge in [-0.25, -0.2) is 0 Å². The van der Waals surface area contributed by atoms with Crippen LogP contribution in [0, 0.1) is 0 Å². The summed E-state index contributed by atoms with van der Waals surface area (Å²) in [7, 11) is -21.4. The van der Waals surface area contributed by atoms with Crippen molar-refractivity contribution in [2.75, 3.05) is 76.6 Å². The molecule has 0 fully saturated rings. The van der Waals surface area contributed by atoms with Crippen LogP contribution in [0.3, 0.4) is 0 Å². The van der Waals surface area contributed by atoms with Crippen LogP contribution in [-0.2, 0) is 75.6 Å². The molecule has 0 heterocycles. The fraction of sp³-hybridized carbons (Fsp3) is 1.00. The second-order valence-electron chi connectivity index (χ2n) is 34.2. The molecule has 0 aliphatic heterocycles. The van der Waals surface area contributed by atoms with Crippen molar-refractivity contribution in [3.05, 3.63) is 0 Å². The van der Waals surface area contributed by atoms with Gasteiger partial charge in [0.05, 0.1) is 39.6 Å². The standard InChI is InChI=1S/6C16H35O3P.Mo/c6*1-3-5-7-9-11-13-15-19-20(17,18)16-14-12-10-8-6-4-2;/h6*3-16H2,1-2H3,(H,17,18);/p-6. The quantitative estimate of drug-likeness (QED) is 0.0310. The molecule has 121 heavy (non-hydrogen) atoms. The van der Waals surface area contributed by atoms with Gasteiger partial charge < -0.3 is 83.9 Å². The molecule has 0 aliphatic carbocycles. The summed E-state index contributed by atoms with van der Waals surface area (Å²) in [5, 5.41) is 0. The second kappa shape index (κ2) is 109. The summed E-state index contributed by atoms with van der Waals surface area (Å²) >= 11 is 0. The van der Waals surface area contributed by atoms with Crippen LogP contribution in [0.25, 0.3) is 0 Å². The van der Waals surface area contributed by atoms with Crippen LogP contribution >= 0.6 is 45.6 Å². The Bertz CT molecular complexity index is 1860. The van der Waals surface area contributed by atoms with E-state index in [1.54, 1.807) is 0 Å². The average Bonchev–Trinajstić information content (AvgIpc) is 0.975. The molecule has 18 nitrogen and oxygen atoms in total. The van der Waals surface area contributed by atoms with Crippen molar-refractivity contribution in [1.29, 1.82) is 0 Å². The van der Waals surface area contributed by atoms with Crippen molar-refractivity contribution in [3.8, 4) is 0 Å². The molecule has 0 N–H and O–H groups in total. The van der Waals surface area contributed by atoms with E-state index < -0.39 is 45.6 Å². The number of hydrogen-bond acceptors (Lipinski definition) is 18. The molecular formula is C96H204MoO18P6-6. The molecule has 738 valence electrons. The van der Waals surface area contributed by atoms with Crippen LogP contribution in [0.2, 0.25) is 0 Å². The first kappa shape index (κ1) is 136. The summed E-state index contributed by atoms with van der Waals surface area (Å²) < 4.78 is 100. The normalized spacial score (nSPS) is 14.2. The van der Waals surface area contributed by atoms with Crippen LogP contribution in [0.1, 0.15) is 545 Å². The van der Waals surface area contributed by atoms with Crippen LogP contribution in [-0.4, -0.2) is 76.6 Å². The van der Waals surface area contributed by atoms with Crippen LogP contribution in [0.4, 0.5) is 0 Å². The first-order valence-corrected chi connectivity index (χ1v) is 61.8. The minimum absolute atomic E-state index is 0. The maximum Gasteiger partial charge on any atom is 0.134 e. The molecule has 0 rings (SSSR count). The van der Waals surface area contributed by atoms with Crippen molar-refractivity contribution in [1.82, 2.24) is 0 Å². The van der Waals surface area contributed by atoms with E-state index >= 15 is 0 Å². The van der Waals surface area contributed by atoms with E-state index in [0.717, 1.165) is 193 Å². The first-order chi connectivity index (χ1) is 57.7. The minimum atomic E-state index is -3.56. The molecule has 0 bridgehead atoms. The summed E-state index contributed by atoms with van der Waals surface area (Å²) in [5.41, 5.74) is 0. The molecule has 6 atom stereocenters. The smallest absolute Gasteiger partial charge is 0.134 e. The molecule has 6 unspecified atom stereocenters. The fourth-order valence-electron chi connectivity index (χ4n) is 13.4. The second-order valence-corrected chi connectivity index (χ2v) is 45.8. The van der Waals surface area contributed by atoms with Crippen molar-refractivity contribution in [3.63, 3.8) is 0 Å². The molecule has 25 heteroatoms. The van der Waals surface area contributed by atoms with Gasteiger partial charge in [0.2, 0.25) is 0 Å². The molecule has 0 spiro atoms. The van der Waals surface area contributed by atoms with E-state index in [1.165, 1.54) is 270 Å². The third kappa shape index (κ3) is 130. The zero-order chi connectivity index (χ0) is 90.6. The summed E-state index contributed by atoms with van der Waals surface area (Å²) in [6.07, 6.45) is 82.4. The van der Waals surface area contributed by atoms with Crippen molar-refractivity contribution < 1.29 is 105 Å². The zero-order valence-corrected chi connectivity index (χ0v) is 89.2. The van der Waals surface area contributed by atoms with Gasteiger partial charge in [-0.1, -0.05) is 468 Å². The Morgan fingerprint density at radius 2 is 0.207 bits per heavy atom. The Morgan fingerprint density at radius 3 is 0.298 bits per heavy atom. The molecule has 0 aliphatic rings. The maximum absolute atomic E-state index is 11.7. The van der Waals surface area contributed by atoms with Crippen molar-refractivity contribution >= 4 is 45.6 Å². The molecule has 0 saturated heterocycles. The third-order valence-electron chi connectivity index (χ3n) is 21.4. The number of unbranched alkanes of at least 4 members (excludes halogenated alkanes) is 60. The fourth-order valence-corrected chi connectivity index (χ4v) is 20.3. The predicted octanol–water partition coefficient (Wildman–Crippen LogP) is 31.7. The van der Waals surface area contributed by atoms with Gasteiger partial charge in [-0.3, -0.25) is 0 Å². The van der Waals surface area contributed by atoms with Crippen molar-refractivity contribution in [2.24, 2.45) is 0 Å². The maximum atomic E-state index is 11.7. The van der Waals surface area contributed by atoms with Gasteiger partial charge in [0.1, 0.15) is 45.6 Å². The Hall–Kier alpha value is 1.59. The molecule has 0 saturated carbocycles. The van der Waals surface area contributed by atoms with Gasteiger partial charge >= 0.3 is 0 Å². The molecule has 0 aromatic rings. The predicted molar refractivity (Wildman–Crippen MR) is 511 cm³/mol. The first-order valence-electron chi connectivity index (χ1n) is 51.4. The summed E-state index contributed by atoms with van der Waals surface area (Å²) in [6.45, 7) is 28.5. The Kier molecular flexibility index (Phi) is 122. The third-order valence-corrected chi connectivity index (χ3v) is 30.1. The summed E-state index contributed by atoms with van der Waals surface area (Å²) in [5.74, 6) is 0. The zero-order valence-electron chi connectivity index (χ0n) is 81.8. The number of hydrogen-bond donors (Lipinski definition) is 0. The minimum Gasteiger partial charge on any atom is -0.778 e. The van der Waals surface area contributed by atoms with Gasteiger partial charge in [-0.2, -0.15) is 0 Å². The van der Waals surface area contributed by atoms with E-state index in [0.29, 0.717) is 39.6 Å². The van der Waals surface area contributed by atoms with Gasteiger partial charge in [-0.05, 0) is 77.0 Å². The Balaban J connectivity index is -0.000000257. The topological polar surface area (TPSA) is 296 Å². The molecule has 0 amide bonds. The monoisotopic (exact) mass is 1930 g/mol. The Labute approximate surface area is 767 Å². The van der Waals surface area contributed by atoms with Gasteiger partial charge in [0.15, 0.2) is 0 Å². The number of rotatable bonds is 90. The molecule has 0 aromatic carbocycles. The van der Waals surface area contributed by atoms with Crippen LogP contribution < -0.4 is 29.4 Å². The van der Waals surface area contributed by atoms with E-state index in [1.807, 2.05) is 0 Å². The SMILES string of the molecule is CCCCCCCCOP(=O)([O-])CCCCCCCC.CCCCCCCCOP(=O)([O-])CCCCCCCC.CCCCCCCCOP(=O)([O-])CCCCCCCC.CCCCCCCCOP(=O)([O-])CCCCCCCC.CCCCCCCCOP(=O)([O-])CCCCCCCC.CCCCCCCCOP(=O)([O-])CCCCCCCC.[Mo].